The van der Waals surface area contributed by atoms with Crippen molar-refractivity contribution in [3.8, 4) is 11.5 Å². The zero-order valence-corrected chi connectivity index (χ0v) is 20.6. The van der Waals surface area contributed by atoms with E-state index in [1.807, 2.05) is 72.8 Å². The van der Waals surface area contributed by atoms with Crippen LogP contribution in [0, 0.1) is 5.92 Å². The van der Waals surface area contributed by atoms with Gasteiger partial charge in [-0.2, -0.15) is 0 Å². The van der Waals surface area contributed by atoms with Crippen molar-refractivity contribution in [2.24, 2.45) is 5.92 Å². The molecule has 3 aromatic rings. The summed E-state index contributed by atoms with van der Waals surface area (Å²) in [5, 5.41) is 2.98. The van der Waals surface area contributed by atoms with E-state index in [1.165, 1.54) is 18.9 Å². The molecule has 3 aromatic carbocycles. The molecule has 2 aliphatic heterocycles. The second-order valence-electron chi connectivity index (χ2n) is 9.12. The Morgan fingerprint density at radius 1 is 0.919 bits per heavy atom. The normalized spacial score (nSPS) is 21.9. The molecule has 8 nitrogen and oxygen atoms in total. The molecule has 190 valence electrons. The molecule has 0 aromatic heterocycles. The summed E-state index contributed by atoms with van der Waals surface area (Å²) in [7, 11) is 1.33. The molecule has 0 radical (unpaired) electrons. The minimum Gasteiger partial charge on any atom is -0.469 e. The van der Waals surface area contributed by atoms with Gasteiger partial charge in [-0.1, -0.05) is 66.7 Å². The first-order valence-corrected chi connectivity index (χ1v) is 12.1. The smallest absolute Gasteiger partial charge is 0.311 e. The van der Waals surface area contributed by atoms with E-state index in [9.17, 15) is 14.4 Å². The summed E-state index contributed by atoms with van der Waals surface area (Å²) in [5.41, 5.74) is 2.37. The standard InChI is InChI=1S/C29H28N2O6/c1-18(32)31-26(21-11-7-4-8-12-21)25(29(34)35-2)24(20-9-5-3-6-10-20)27(31)28(33)30-16-19-13-14-22-23(15-19)37-17-36-22/h3-15,24-27H,16-17H2,1-2H3,(H,30,33). The molecule has 0 aliphatic carbocycles. The van der Waals surface area contributed by atoms with Gasteiger partial charge in [0, 0.05) is 19.4 Å². The molecular formula is C29H28N2O6. The van der Waals surface area contributed by atoms with Gasteiger partial charge in [0.25, 0.3) is 0 Å². The van der Waals surface area contributed by atoms with Crippen LogP contribution in [0.3, 0.4) is 0 Å². The number of hydrogen-bond donors (Lipinski definition) is 1. The molecule has 0 bridgehead atoms. The largest absolute Gasteiger partial charge is 0.469 e. The lowest BCUT2D eigenvalue weighted by atomic mass is 9.80. The molecule has 0 saturated carbocycles. The predicted octanol–water partition coefficient (Wildman–Crippen LogP) is 3.58. The van der Waals surface area contributed by atoms with Crippen molar-refractivity contribution >= 4 is 17.8 Å². The van der Waals surface area contributed by atoms with E-state index in [0.717, 1.165) is 16.7 Å². The lowest BCUT2D eigenvalue weighted by molar-refractivity contribution is -0.147. The first-order valence-electron chi connectivity index (χ1n) is 12.1. The second kappa shape index (κ2) is 10.3. The number of amides is 2. The Morgan fingerprint density at radius 3 is 2.22 bits per heavy atom. The Hall–Kier alpha value is -4.33. The minimum absolute atomic E-state index is 0.162. The summed E-state index contributed by atoms with van der Waals surface area (Å²) < 4.78 is 16.0. The van der Waals surface area contributed by atoms with Crippen LogP contribution in [0.1, 0.15) is 35.6 Å². The van der Waals surface area contributed by atoms with E-state index in [0.29, 0.717) is 11.5 Å². The van der Waals surface area contributed by atoms with Crippen molar-refractivity contribution in [1.29, 1.82) is 0 Å². The fraction of sp³-hybridized carbons (Fsp3) is 0.276. The number of ether oxygens (including phenoxy) is 3. The summed E-state index contributed by atoms with van der Waals surface area (Å²) >= 11 is 0. The van der Waals surface area contributed by atoms with E-state index in [2.05, 4.69) is 5.32 Å². The van der Waals surface area contributed by atoms with E-state index < -0.39 is 29.9 Å². The van der Waals surface area contributed by atoms with Gasteiger partial charge in [-0.3, -0.25) is 14.4 Å². The molecule has 4 unspecified atom stereocenters. The summed E-state index contributed by atoms with van der Waals surface area (Å²) in [5.74, 6) is -1.24. The second-order valence-corrected chi connectivity index (χ2v) is 9.12. The van der Waals surface area contributed by atoms with Crippen LogP contribution in [-0.4, -0.2) is 42.6 Å². The lowest BCUT2D eigenvalue weighted by Crippen LogP contribution is -2.47. The number of nitrogens with zero attached hydrogens (tertiary/aromatic N) is 1. The fourth-order valence-corrected chi connectivity index (χ4v) is 5.43. The highest BCUT2D eigenvalue weighted by Gasteiger charge is 2.57. The first kappa shape index (κ1) is 24.4. The third-order valence-electron chi connectivity index (χ3n) is 7.00. The molecule has 1 saturated heterocycles. The Labute approximate surface area is 215 Å². The third kappa shape index (κ3) is 4.62. The Balaban J connectivity index is 1.54. The topological polar surface area (TPSA) is 94.2 Å². The highest BCUT2D eigenvalue weighted by molar-refractivity contribution is 5.92. The number of likely N-dealkylation sites (tertiary alicyclic amines) is 1. The number of fused-ring (bicyclic) bond motifs is 1. The number of esters is 1. The zero-order chi connectivity index (χ0) is 25.9. The van der Waals surface area contributed by atoms with Gasteiger partial charge in [-0.25, -0.2) is 0 Å². The van der Waals surface area contributed by atoms with Crippen molar-refractivity contribution < 1.29 is 28.6 Å². The van der Waals surface area contributed by atoms with E-state index in [-0.39, 0.29) is 25.2 Å². The van der Waals surface area contributed by atoms with Crippen LogP contribution in [0.2, 0.25) is 0 Å². The monoisotopic (exact) mass is 500 g/mol. The molecule has 5 rings (SSSR count). The van der Waals surface area contributed by atoms with Gasteiger partial charge in [0.1, 0.15) is 6.04 Å². The highest BCUT2D eigenvalue weighted by Crippen LogP contribution is 2.50. The molecule has 4 atom stereocenters. The molecular weight excluding hydrogens is 472 g/mol. The molecule has 8 heteroatoms. The van der Waals surface area contributed by atoms with Gasteiger partial charge in [-0.15, -0.1) is 0 Å². The minimum atomic E-state index is -0.928. The third-order valence-corrected chi connectivity index (χ3v) is 7.00. The average Bonchev–Trinajstić information content (AvgIpc) is 3.55. The van der Waals surface area contributed by atoms with Crippen LogP contribution in [0.5, 0.6) is 11.5 Å². The average molecular weight is 501 g/mol. The van der Waals surface area contributed by atoms with E-state index >= 15 is 0 Å². The van der Waals surface area contributed by atoms with Crippen LogP contribution in [0.4, 0.5) is 0 Å². The molecule has 37 heavy (non-hydrogen) atoms. The van der Waals surface area contributed by atoms with Crippen molar-refractivity contribution in [2.45, 2.75) is 31.5 Å². The number of benzene rings is 3. The van der Waals surface area contributed by atoms with Crippen LogP contribution >= 0.6 is 0 Å². The molecule has 0 spiro atoms. The number of carbonyl (C=O) groups is 3. The van der Waals surface area contributed by atoms with Gasteiger partial charge >= 0.3 is 5.97 Å². The molecule has 2 amide bonds. The van der Waals surface area contributed by atoms with E-state index in [1.54, 1.807) is 6.07 Å². The molecule has 2 heterocycles. The first-order chi connectivity index (χ1) is 18.0. The summed E-state index contributed by atoms with van der Waals surface area (Å²) in [4.78, 5) is 41.8. The van der Waals surface area contributed by atoms with Crippen LogP contribution in [0.15, 0.2) is 78.9 Å². The number of methoxy groups -OCH3 is 1. The lowest BCUT2D eigenvalue weighted by Gasteiger charge is -2.30. The summed E-state index contributed by atoms with van der Waals surface area (Å²) in [6.07, 6.45) is 0. The SMILES string of the molecule is COC(=O)C1C(c2ccccc2)C(C(=O)NCc2ccc3c(c2)OCO3)N(C(C)=O)C1c1ccccc1. The van der Waals surface area contributed by atoms with Crippen LogP contribution in [0.25, 0.3) is 0 Å². The Kier molecular flexibility index (Phi) is 6.81. The van der Waals surface area contributed by atoms with Crippen LogP contribution < -0.4 is 14.8 Å². The van der Waals surface area contributed by atoms with Crippen LogP contribution in [-0.2, 0) is 25.7 Å². The van der Waals surface area contributed by atoms with Crippen molar-refractivity contribution in [3.05, 3.63) is 95.6 Å². The Bertz CT molecular complexity index is 1300. The number of hydrogen-bond acceptors (Lipinski definition) is 6. The van der Waals surface area contributed by atoms with Crippen molar-refractivity contribution in [3.63, 3.8) is 0 Å². The summed E-state index contributed by atoms with van der Waals surface area (Å²) in [6, 6.07) is 22.5. The maximum Gasteiger partial charge on any atom is 0.311 e. The zero-order valence-electron chi connectivity index (χ0n) is 20.6. The summed E-state index contributed by atoms with van der Waals surface area (Å²) in [6.45, 7) is 1.81. The number of carbonyl (C=O) groups excluding carboxylic acids is 3. The van der Waals surface area contributed by atoms with Crippen molar-refractivity contribution in [1.82, 2.24) is 10.2 Å². The number of rotatable bonds is 6. The highest BCUT2D eigenvalue weighted by atomic mass is 16.7. The van der Waals surface area contributed by atoms with Gasteiger partial charge in [-0.05, 0) is 28.8 Å². The maximum absolute atomic E-state index is 13.9. The van der Waals surface area contributed by atoms with Gasteiger partial charge in [0.15, 0.2) is 11.5 Å². The molecule has 1 N–H and O–H groups in total. The van der Waals surface area contributed by atoms with E-state index in [4.69, 9.17) is 14.2 Å². The number of nitrogens with one attached hydrogen (secondary N) is 1. The molecule has 2 aliphatic rings. The molecule has 1 fully saturated rings. The van der Waals surface area contributed by atoms with Gasteiger partial charge in [0.2, 0.25) is 18.6 Å². The van der Waals surface area contributed by atoms with Gasteiger partial charge in [0.05, 0.1) is 19.1 Å². The predicted molar refractivity (Wildman–Crippen MR) is 135 cm³/mol. The Morgan fingerprint density at radius 2 is 1.57 bits per heavy atom. The fourth-order valence-electron chi connectivity index (χ4n) is 5.43. The van der Waals surface area contributed by atoms with Gasteiger partial charge < -0.3 is 24.4 Å². The maximum atomic E-state index is 13.9. The quantitative estimate of drug-likeness (QED) is 0.520. The van der Waals surface area contributed by atoms with Crippen molar-refractivity contribution in [2.75, 3.05) is 13.9 Å².